The molecule has 8 aromatic rings. The molecule has 0 fully saturated rings. The molecule has 0 aliphatic heterocycles. The summed E-state index contributed by atoms with van der Waals surface area (Å²) in [5.41, 5.74) is 13.0. The lowest BCUT2D eigenvalue weighted by Crippen LogP contribution is -2.29. The highest BCUT2D eigenvalue weighted by molar-refractivity contribution is 5.96. The van der Waals surface area contributed by atoms with Gasteiger partial charge in [-0.25, -0.2) is 0 Å². The molecule has 8 aromatic carbocycles. The second-order valence-electron chi connectivity index (χ2n) is 13.7. The molecule has 0 amide bonds. The van der Waals surface area contributed by atoms with Gasteiger partial charge in [-0.3, -0.25) is 0 Å². The zero-order valence-corrected chi connectivity index (χ0v) is 30.0. The van der Waals surface area contributed by atoms with Crippen molar-refractivity contribution in [2.24, 2.45) is 0 Å². The molecule has 1 aliphatic carbocycles. The lowest BCUT2D eigenvalue weighted by Gasteiger charge is -2.33. The zero-order chi connectivity index (χ0) is 36.1. The Morgan fingerprint density at radius 2 is 0.852 bits per heavy atom. The molecule has 0 radical (unpaired) electrons. The molecule has 2 nitrogen and oxygen atoms in total. The largest absolute Gasteiger partial charge is 0.334 e. The van der Waals surface area contributed by atoms with Crippen molar-refractivity contribution in [3.63, 3.8) is 0 Å². The van der Waals surface area contributed by atoms with Crippen LogP contribution >= 0.6 is 0 Å². The minimum absolute atomic E-state index is 0.240. The van der Waals surface area contributed by atoms with Crippen LogP contribution in [0.25, 0.3) is 44.2 Å². The van der Waals surface area contributed by atoms with Gasteiger partial charge in [0, 0.05) is 33.8 Å². The van der Waals surface area contributed by atoms with Crippen molar-refractivity contribution in [2.45, 2.75) is 12.5 Å². The zero-order valence-electron chi connectivity index (χ0n) is 30.0. The standard InChI is InChI=1S/C52H40N2/c1-4-14-39(15-5-1)40-26-32-48(33-27-40)53(46-20-6-2-7-21-46)49-34-28-41(29-35-49)44-18-12-19-45(38-44)42-30-36-50(37-31-42)54(47-22-8-3-9-23-47)52-25-13-17-43-16-10-11-24-51(43)52/h1-22,24-38,47H,23H2. The van der Waals surface area contributed by atoms with E-state index in [1.807, 2.05) is 0 Å². The molecule has 0 N–H and O–H groups in total. The number of fused-ring (bicyclic) bond motifs is 1. The van der Waals surface area contributed by atoms with Gasteiger partial charge in [-0.15, -0.1) is 0 Å². The minimum Gasteiger partial charge on any atom is -0.334 e. The molecule has 0 spiro atoms. The van der Waals surface area contributed by atoms with Crippen molar-refractivity contribution < 1.29 is 0 Å². The molecular weight excluding hydrogens is 653 g/mol. The molecule has 0 saturated carbocycles. The van der Waals surface area contributed by atoms with Gasteiger partial charge in [-0.1, -0.05) is 164 Å². The number of para-hydroxylation sites is 1. The maximum absolute atomic E-state index is 2.49. The van der Waals surface area contributed by atoms with Gasteiger partial charge in [0.25, 0.3) is 0 Å². The molecule has 1 atom stereocenters. The van der Waals surface area contributed by atoms with Crippen molar-refractivity contribution >= 4 is 39.2 Å². The lowest BCUT2D eigenvalue weighted by atomic mass is 9.97. The summed E-state index contributed by atoms with van der Waals surface area (Å²) < 4.78 is 0. The Morgan fingerprint density at radius 3 is 1.48 bits per heavy atom. The van der Waals surface area contributed by atoms with E-state index in [-0.39, 0.29) is 6.04 Å². The van der Waals surface area contributed by atoms with E-state index in [1.165, 1.54) is 55.5 Å². The first kappa shape index (κ1) is 33.0. The monoisotopic (exact) mass is 692 g/mol. The summed E-state index contributed by atoms with van der Waals surface area (Å²) in [6.45, 7) is 0. The predicted octanol–water partition coefficient (Wildman–Crippen LogP) is 14.3. The SMILES string of the molecule is C1=CCC(N(c2ccc(-c3cccc(-c4ccc(N(c5ccccc5)c5ccc(-c6ccccc6)cc5)cc4)c3)cc2)c2cccc3ccccc23)C=C1. The maximum Gasteiger partial charge on any atom is 0.0560 e. The van der Waals surface area contributed by atoms with Gasteiger partial charge >= 0.3 is 0 Å². The van der Waals surface area contributed by atoms with Crippen LogP contribution in [0.3, 0.4) is 0 Å². The van der Waals surface area contributed by atoms with Crippen molar-refractivity contribution in [2.75, 3.05) is 9.80 Å². The lowest BCUT2D eigenvalue weighted by molar-refractivity contribution is 0.787. The second kappa shape index (κ2) is 15.0. The number of anilines is 5. The fourth-order valence-electron chi connectivity index (χ4n) is 7.64. The van der Waals surface area contributed by atoms with Crippen molar-refractivity contribution in [1.82, 2.24) is 0 Å². The molecule has 258 valence electrons. The van der Waals surface area contributed by atoms with Gasteiger partial charge in [0.1, 0.15) is 0 Å². The number of benzene rings is 8. The smallest absolute Gasteiger partial charge is 0.0560 e. The average Bonchev–Trinajstić information content (AvgIpc) is 3.26. The summed E-state index contributed by atoms with van der Waals surface area (Å²) in [7, 11) is 0. The van der Waals surface area contributed by atoms with Crippen LogP contribution in [0.2, 0.25) is 0 Å². The highest BCUT2D eigenvalue weighted by Gasteiger charge is 2.21. The van der Waals surface area contributed by atoms with E-state index in [0.29, 0.717) is 0 Å². The highest BCUT2D eigenvalue weighted by atomic mass is 15.2. The van der Waals surface area contributed by atoms with Crippen LogP contribution in [0, 0.1) is 0 Å². The molecule has 9 rings (SSSR count). The third kappa shape index (κ3) is 6.74. The Bertz CT molecular complexity index is 2550. The van der Waals surface area contributed by atoms with Crippen LogP contribution in [-0.4, -0.2) is 6.04 Å². The summed E-state index contributed by atoms with van der Waals surface area (Å²) >= 11 is 0. The molecule has 0 saturated heterocycles. The first-order valence-corrected chi connectivity index (χ1v) is 18.7. The van der Waals surface area contributed by atoms with Crippen molar-refractivity contribution in [3.05, 3.63) is 224 Å². The van der Waals surface area contributed by atoms with Gasteiger partial charge in [0.15, 0.2) is 0 Å². The number of rotatable bonds is 9. The summed E-state index contributed by atoms with van der Waals surface area (Å²) in [5.74, 6) is 0. The number of allylic oxidation sites excluding steroid dienone is 2. The van der Waals surface area contributed by atoms with E-state index < -0.39 is 0 Å². The highest BCUT2D eigenvalue weighted by Crippen LogP contribution is 2.39. The third-order valence-corrected chi connectivity index (χ3v) is 10.4. The quantitative estimate of drug-likeness (QED) is 0.149. The molecule has 0 heterocycles. The first-order chi connectivity index (χ1) is 26.8. The third-order valence-electron chi connectivity index (χ3n) is 10.4. The van der Waals surface area contributed by atoms with E-state index >= 15 is 0 Å². The molecule has 0 bridgehead atoms. The summed E-state index contributed by atoms with van der Waals surface area (Å²) in [6, 6.07) is 72.4. The maximum atomic E-state index is 2.49. The van der Waals surface area contributed by atoms with Gasteiger partial charge in [0.05, 0.1) is 6.04 Å². The van der Waals surface area contributed by atoms with Crippen LogP contribution in [0.4, 0.5) is 28.4 Å². The number of hydrogen-bond donors (Lipinski definition) is 0. The summed E-state index contributed by atoms with van der Waals surface area (Å²) in [6.07, 6.45) is 9.85. The van der Waals surface area contributed by atoms with Crippen LogP contribution < -0.4 is 9.80 Å². The fraction of sp³-hybridized carbons (Fsp3) is 0.0385. The van der Waals surface area contributed by atoms with E-state index in [4.69, 9.17) is 0 Å². The van der Waals surface area contributed by atoms with Crippen LogP contribution in [0.5, 0.6) is 0 Å². The molecular formula is C52H40N2. The second-order valence-corrected chi connectivity index (χ2v) is 13.7. The van der Waals surface area contributed by atoms with E-state index in [0.717, 1.165) is 23.5 Å². The van der Waals surface area contributed by atoms with Crippen molar-refractivity contribution in [1.29, 1.82) is 0 Å². The molecule has 0 aromatic heterocycles. The van der Waals surface area contributed by atoms with Crippen molar-refractivity contribution in [3.8, 4) is 33.4 Å². The molecule has 1 aliphatic rings. The topological polar surface area (TPSA) is 6.48 Å². The number of nitrogens with zero attached hydrogens (tertiary/aromatic N) is 2. The van der Waals surface area contributed by atoms with Gasteiger partial charge < -0.3 is 9.80 Å². The Balaban J connectivity index is 0.999. The predicted molar refractivity (Wildman–Crippen MR) is 230 cm³/mol. The summed E-state index contributed by atoms with van der Waals surface area (Å²) in [5, 5.41) is 2.51. The first-order valence-electron chi connectivity index (χ1n) is 18.7. The molecule has 54 heavy (non-hydrogen) atoms. The van der Waals surface area contributed by atoms with E-state index in [2.05, 4.69) is 234 Å². The Morgan fingerprint density at radius 1 is 0.370 bits per heavy atom. The van der Waals surface area contributed by atoms with Gasteiger partial charge in [-0.2, -0.15) is 0 Å². The molecule has 2 heteroatoms. The Labute approximate surface area is 318 Å². The van der Waals surface area contributed by atoms with E-state index in [9.17, 15) is 0 Å². The normalized spacial score (nSPS) is 13.5. The Hall–Kier alpha value is -6.90. The van der Waals surface area contributed by atoms with Gasteiger partial charge in [0.2, 0.25) is 0 Å². The minimum atomic E-state index is 0.240. The fourth-order valence-corrected chi connectivity index (χ4v) is 7.64. The van der Waals surface area contributed by atoms with Crippen LogP contribution in [0.1, 0.15) is 6.42 Å². The molecule has 1 unspecified atom stereocenters. The van der Waals surface area contributed by atoms with E-state index in [1.54, 1.807) is 0 Å². The van der Waals surface area contributed by atoms with Crippen LogP contribution in [-0.2, 0) is 0 Å². The Kier molecular flexibility index (Phi) is 9.15. The summed E-state index contributed by atoms with van der Waals surface area (Å²) in [4.78, 5) is 4.80. The average molecular weight is 693 g/mol. The van der Waals surface area contributed by atoms with Crippen LogP contribution in [0.15, 0.2) is 224 Å². The number of hydrogen-bond acceptors (Lipinski definition) is 2. The van der Waals surface area contributed by atoms with Gasteiger partial charge in [-0.05, 0) is 106 Å².